The zero-order chi connectivity index (χ0) is 13.8. The summed E-state index contributed by atoms with van der Waals surface area (Å²) in [6.07, 6.45) is 0. The molecule has 0 aliphatic carbocycles. The van der Waals surface area contributed by atoms with Crippen LogP contribution in [0.4, 0.5) is 8.78 Å². The van der Waals surface area contributed by atoms with Crippen molar-refractivity contribution in [1.82, 2.24) is 0 Å². The summed E-state index contributed by atoms with van der Waals surface area (Å²) in [4.78, 5) is 0. The highest BCUT2D eigenvalue weighted by atomic mass is 35.5. The first kappa shape index (κ1) is 13.3. The van der Waals surface area contributed by atoms with Crippen LogP contribution in [0.15, 0.2) is 36.4 Å². The largest absolute Gasteiger partial charge is 0.489 e. The molecule has 0 fully saturated rings. The molecule has 0 radical (unpaired) electrons. The predicted octanol–water partition coefficient (Wildman–Crippen LogP) is 4.07. The van der Waals surface area contributed by atoms with Crippen LogP contribution in [0.3, 0.4) is 0 Å². The number of nitriles is 1. The van der Waals surface area contributed by atoms with E-state index in [1.165, 1.54) is 30.3 Å². The molecule has 0 bridgehead atoms. The Labute approximate surface area is 113 Å². The molecular weight excluding hydrogens is 272 g/mol. The van der Waals surface area contributed by atoms with Gasteiger partial charge in [-0.1, -0.05) is 23.7 Å². The number of hydrogen-bond donors (Lipinski definition) is 0. The zero-order valence-electron chi connectivity index (χ0n) is 9.66. The Hall–Kier alpha value is -2.12. The molecule has 2 nitrogen and oxygen atoms in total. The molecule has 2 aromatic carbocycles. The van der Waals surface area contributed by atoms with Crippen LogP contribution in [-0.4, -0.2) is 0 Å². The highest BCUT2D eigenvalue weighted by molar-refractivity contribution is 6.30. The van der Waals surface area contributed by atoms with E-state index in [2.05, 4.69) is 0 Å². The van der Waals surface area contributed by atoms with Crippen molar-refractivity contribution in [3.8, 4) is 11.8 Å². The van der Waals surface area contributed by atoms with Gasteiger partial charge in [0.25, 0.3) is 0 Å². The van der Waals surface area contributed by atoms with E-state index in [1.807, 2.05) is 0 Å². The fraction of sp³-hybridized carbons (Fsp3) is 0.0714. The third-order valence-electron chi connectivity index (χ3n) is 2.48. The Balaban J connectivity index is 2.15. The molecule has 19 heavy (non-hydrogen) atoms. The van der Waals surface area contributed by atoms with Gasteiger partial charge >= 0.3 is 0 Å². The maximum atomic E-state index is 13.7. The van der Waals surface area contributed by atoms with E-state index in [-0.39, 0.29) is 22.8 Å². The van der Waals surface area contributed by atoms with Gasteiger partial charge < -0.3 is 4.74 Å². The predicted molar refractivity (Wildman–Crippen MR) is 66.9 cm³/mol. The molecule has 0 N–H and O–H groups in total. The average molecular weight is 280 g/mol. The first-order valence-corrected chi connectivity index (χ1v) is 5.75. The minimum absolute atomic E-state index is 0.0433. The van der Waals surface area contributed by atoms with Crippen molar-refractivity contribution in [3.63, 3.8) is 0 Å². The summed E-state index contributed by atoms with van der Waals surface area (Å²) in [5.74, 6) is -0.835. The highest BCUT2D eigenvalue weighted by Gasteiger charge is 2.08. The number of benzene rings is 2. The van der Waals surface area contributed by atoms with Crippen LogP contribution in [0, 0.1) is 23.0 Å². The molecule has 0 saturated heterocycles. The summed E-state index contributed by atoms with van der Waals surface area (Å²) >= 11 is 5.60. The lowest BCUT2D eigenvalue weighted by molar-refractivity contribution is 0.299. The van der Waals surface area contributed by atoms with E-state index in [0.717, 1.165) is 0 Å². The zero-order valence-corrected chi connectivity index (χ0v) is 10.4. The first-order chi connectivity index (χ1) is 9.11. The number of rotatable bonds is 3. The van der Waals surface area contributed by atoms with Crippen LogP contribution in [-0.2, 0) is 6.61 Å². The summed E-state index contributed by atoms with van der Waals surface area (Å²) < 4.78 is 32.0. The third kappa shape index (κ3) is 3.01. The highest BCUT2D eigenvalue weighted by Crippen LogP contribution is 2.22. The topological polar surface area (TPSA) is 33.0 Å². The molecule has 0 aromatic heterocycles. The number of nitrogens with zero attached hydrogens (tertiary/aromatic N) is 1. The maximum Gasteiger partial charge on any atom is 0.147 e. The third-order valence-corrected chi connectivity index (χ3v) is 2.77. The molecule has 0 spiro atoms. The van der Waals surface area contributed by atoms with Crippen molar-refractivity contribution < 1.29 is 13.5 Å². The fourth-order valence-corrected chi connectivity index (χ4v) is 1.68. The van der Waals surface area contributed by atoms with Gasteiger partial charge in [0.15, 0.2) is 0 Å². The smallest absolute Gasteiger partial charge is 0.147 e. The van der Waals surface area contributed by atoms with Gasteiger partial charge in [-0.2, -0.15) is 5.26 Å². The molecule has 0 aliphatic heterocycles. The minimum Gasteiger partial charge on any atom is -0.489 e. The Bertz CT molecular complexity index is 652. The van der Waals surface area contributed by atoms with Gasteiger partial charge in [-0.05, 0) is 18.2 Å². The molecule has 2 rings (SSSR count). The van der Waals surface area contributed by atoms with E-state index in [1.54, 1.807) is 12.1 Å². The van der Waals surface area contributed by atoms with Crippen LogP contribution in [0.25, 0.3) is 0 Å². The van der Waals surface area contributed by atoms with Gasteiger partial charge in [-0.15, -0.1) is 0 Å². The second-order valence-corrected chi connectivity index (χ2v) is 4.16. The normalized spacial score (nSPS) is 10.0. The molecule has 0 atom stereocenters. The standard InChI is InChI=1S/C14H8ClF2NO/c15-12-6-11(4-5-13(12)16)19-8-10-3-1-2-9(7-18)14(10)17/h1-6H,8H2. The summed E-state index contributed by atoms with van der Waals surface area (Å²) in [6, 6.07) is 10.1. The molecule has 0 heterocycles. The number of halogens is 3. The lowest BCUT2D eigenvalue weighted by Crippen LogP contribution is -2.00. The molecule has 0 saturated carbocycles. The first-order valence-electron chi connectivity index (χ1n) is 5.37. The molecule has 0 aliphatic rings. The van der Waals surface area contributed by atoms with Gasteiger partial charge in [0, 0.05) is 11.6 Å². The summed E-state index contributed by atoms with van der Waals surface area (Å²) in [7, 11) is 0. The molecule has 2 aromatic rings. The SMILES string of the molecule is N#Cc1cccc(COc2ccc(F)c(Cl)c2)c1F. The fourth-order valence-electron chi connectivity index (χ4n) is 1.51. The molecule has 0 amide bonds. The van der Waals surface area contributed by atoms with Crippen molar-refractivity contribution in [3.05, 3.63) is 64.2 Å². The Kier molecular flexibility index (Phi) is 3.98. The van der Waals surface area contributed by atoms with Crippen LogP contribution >= 0.6 is 11.6 Å². The molecule has 0 unspecified atom stereocenters. The summed E-state index contributed by atoms with van der Waals surface area (Å²) in [5.41, 5.74) is 0.206. The van der Waals surface area contributed by atoms with Crippen LogP contribution in [0.1, 0.15) is 11.1 Å². The van der Waals surface area contributed by atoms with Crippen molar-refractivity contribution in [2.24, 2.45) is 0 Å². The van der Waals surface area contributed by atoms with Crippen molar-refractivity contribution >= 4 is 11.6 Å². The van der Waals surface area contributed by atoms with Crippen LogP contribution < -0.4 is 4.74 Å². The minimum atomic E-state index is -0.613. The van der Waals surface area contributed by atoms with Gasteiger partial charge in [-0.3, -0.25) is 0 Å². The summed E-state index contributed by atoms with van der Waals surface area (Å²) in [5, 5.41) is 8.64. The number of ether oxygens (including phenoxy) is 1. The number of hydrogen-bond acceptors (Lipinski definition) is 2. The van der Waals surface area contributed by atoms with E-state index in [0.29, 0.717) is 5.75 Å². The van der Waals surface area contributed by atoms with Gasteiger partial charge in [-0.25, -0.2) is 8.78 Å². The second-order valence-electron chi connectivity index (χ2n) is 3.76. The van der Waals surface area contributed by atoms with E-state index < -0.39 is 11.6 Å². The van der Waals surface area contributed by atoms with Crippen molar-refractivity contribution in [1.29, 1.82) is 5.26 Å². The van der Waals surface area contributed by atoms with E-state index in [9.17, 15) is 8.78 Å². The Morgan fingerprint density at radius 3 is 2.68 bits per heavy atom. The van der Waals surface area contributed by atoms with Gasteiger partial charge in [0.1, 0.15) is 30.1 Å². The van der Waals surface area contributed by atoms with Crippen LogP contribution in [0.2, 0.25) is 5.02 Å². The summed E-state index contributed by atoms with van der Waals surface area (Å²) in [6.45, 7) is -0.0662. The lowest BCUT2D eigenvalue weighted by Gasteiger charge is -2.08. The molecule has 5 heteroatoms. The maximum absolute atomic E-state index is 13.7. The van der Waals surface area contributed by atoms with Crippen LogP contribution in [0.5, 0.6) is 5.75 Å². The van der Waals surface area contributed by atoms with E-state index in [4.69, 9.17) is 21.6 Å². The Morgan fingerprint density at radius 2 is 2.00 bits per heavy atom. The lowest BCUT2D eigenvalue weighted by atomic mass is 10.1. The second kappa shape index (κ2) is 5.68. The van der Waals surface area contributed by atoms with E-state index >= 15 is 0 Å². The van der Waals surface area contributed by atoms with Crippen molar-refractivity contribution in [2.75, 3.05) is 0 Å². The van der Waals surface area contributed by atoms with Gasteiger partial charge in [0.2, 0.25) is 0 Å². The van der Waals surface area contributed by atoms with Gasteiger partial charge in [0.05, 0.1) is 10.6 Å². The molecule has 96 valence electrons. The Morgan fingerprint density at radius 1 is 1.21 bits per heavy atom. The average Bonchev–Trinajstić information content (AvgIpc) is 2.41. The monoisotopic (exact) mass is 279 g/mol. The quantitative estimate of drug-likeness (QED) is 0.848. The van der Waals surface area contributed by atoms with Crippen molar-refractivity contribution in [2.45, 2.75) is 6.61 Å². The molecular formula is C14H8ClF2NO.